The van der Waals surface area contributed by atoms with Crippen LogP contribution in [0.25, 0.3) is 0 Å². The molecule has 0 saturated heterocycles. The normalized spacial score (nSPS) is 11.1. The Balaban J connectivity index is 1.86. The minimum absolute atomic E-state index is 0.00517. The first kappa shape index (κ1) is 21.3. The van der Waals surface area contributed by atoms with E-state index in [4.69, 9.17) is 9.47 Å². The van der Waals surface area contributed by atoms with Gasteiger partial charge in [0.25, 0.3) is 5.91 Å². The Kier molecular flexibility index (Phi) is 7.07. The molecule has 0 atom stereocenters. The maximum atomic E-state index is 13.4. The fraction of sp³-hybridized carbons (Fsp3) is 0.222. The van der Waals surface area contributed by atoms with E-state index in [-0.39, 0.29) is 16.3 Å². The highest BCUT2D eigenvalue weighted by molar-refractivity contribution is 7.89. The van der Waals surface area contributed by atoms with E-state index in [0.717, 1.165) is 4.31 Å². The highest BCUT2D eigenvalue weighted by atomic mass is 32.2. The second-order valence-electron chi connectivity index (χ2n) is 5.74. The van der Waals surface area contributed by atoms with Crippen molar-refractivity contribution in [1.82, 2.24) is 4.31 Å². The number of benzene rings is 2. The van der Waals surface area contributed by atoms with Gasteiger partial charge in [0.1, 0.15) is 0 Å². The molecule has 0 unspecified atom stereocenters. The van der Waals surface area contributed by atoms with E-state index in [9.17, 15) is 22.4 Å². The van der Waals surface area contributed by atoms with Crippen molar-refractivity contribution in [2.45, 2.75) is 4.90 Å². The number of esters is 1. The number of sulfonamides is 1. The zero-order chi connectivity index (χ0) is 20.7. The summed E-state index contributed by atoms with van der Waals surface area (Å²) in [6.45, 7) is -1.17. The number of carbonyl (C=O) groups excluding carboxylic acids is 2. The quantitative estimate of drug-likeness (QED) is 0.664. The van der Waals surface area contributed by atoms with Gasteiger partial charge in [0.15, 0.2) is 24.8 Å². The van der Waals surface area contributed by atoms with Crippen LogP contribution in [0.4, 0.5) is 10.1 Å². The third kappa shape index (κ3) is 5.76. The number of amides is 1. The fourth-order valence-corrected chi connectivity index (χ4v) is 2.98. The summed E-state index contributed by atoms with van der Waals surface area (Å²) in [5.74, 6) is -2.26. The SMILES string of the molecule is CN(C)S(=O)(=O)c1cccc(NC(=O)COC(=O)COc2ccccc2F)c1. The molecule has 1 amide bonds. The van der Waals surface area contributed by atoms with Crippen LogP contribution in [0.5, 0.6) is 5.75 Å². The summed E-state index contributed by atoms with van der Waals surface area (Å²) in [5, 5.41) is 2.43. The van der Waals surface area contributed by atoms with Gasteiger partial charge in [0, 0.05) is 19.8 Å². The van der Waals surface area contributed by atoms with Gasteiger partial charge in [-0.15, -0.1) is 0 Å². The summed E-state index contributed by atoms with van der Waals surface area (Å²) in [7, 11) is -0.864. The lowest BCUT2D eigenvalue weighted by Gasteiger charge is -2.13. The van der Waals surface area contributed by atoms with Gasteiger partial charge in [-0.25, -0.2) is 21.9 Å². The van der Waals surface area contributed by atoms with Gasteiger partial charge in [-0.2, -0.15) is 0 Å². The molecule has 0 aromatic heterocycles. The predicted octanol–water partition coefficient (Wildman–Crippen LogP) is 1.64. The molecule has 0 radical (unpaired) electrons. The van der Waals surface area contributed by atoms with Crippen molar-refractivity contribution in [3.8, 4) is 5.75 Å². The molecule has 0 saturated carbocycles. The molecule has 0 fully saturated rings. The average molecular weight is 410 g/mol. The molecule has 2 rings (SSSR count). The molecule has 0 bridgehead atoms. The lowest BCUT2D eigenvalue weighted by Crippen LogP contribution is -2.24. The lowest BCUT2D eigenvalue weighted by molar-refractivity contribution is -0.149. The number of nitrogens with zero attached hydrogens (tertiary/aromatic N) is 1. The van der Waals surface area contributed by atoms with Crippen LogP contribution in [0.3, 0.4) is 0 Å². The first-order chi connectivity index (χ1) is 13.2. The highest BCUT2D eigenvalue weighted by Gasteiger charge is 2.18. The van der Waals surface area contributed by atoms with Crippen LogP contribution in [-0.2, 0) is 24.3 Å². The number of para-hydroxylation sites is 1. The number of nitrogens with one attached hydrogen (secondary N) is 1. The third-order valence-corrected chi connectivity index (χ3v) is 5.25. The molecule has 0 heterocycles. The van der Waals surface area contributed by atoms with Crippen molar-refractivity contribution < 1.29 is 31.9 Å². The van der Waals surface area contributed by atoms with Crippen molar-refractivity contribution in [3.63, 3.8) is 0 Å². The largest absolute Gasteiger partial charge is 0.479 e. The standard InChI is InChI=1S/C18H19FN2O6S/c1-21(2)28(24,25)14-7-5-6-13(10-14)20-17(22)11-27-18(23)12-26-16-9-4-3-8-15(16)19/h3-10H,11-12H2,1-2H3,(H,20,22). The summed E-state index contributed by atoms with van der Waals surface area (Å²) in [5.41, 5.74) is 0.228. The molecule has 10 heteroatoms. The summed E-state index contributed by atoms with van der Waals surface area (Å²) in [6, 6.07) is 11.2. The van der Waals surface area contributed by atoms with Crippen molar-refractivity contribution in [1.29, 1.82) is 0 Å². The van der Waals surface area contributed by atoms with Crippen molar-refractivity contribution in [2.24, 2.45) is 0 Å². The van der Waals surface area contributed by atoms with E-state index in [0.29, 0.717) is 0 Å². The van der Waals surface area contributed by atoms with Gasteiger partial charge in [0.05, 0.1) is 4.90 Å². The van der Waals surface area contributed by atoms with E-state index in [2.05, 4.69) is 5.32 Å². The second-order valence-corrected chi connectivity index (χ2v) is 7.90. The first-order valence-corrected chi connectivity index (χ1v) is 9.49. The van der Waals surface area contributed by atoms with Gasteiger partial charge in [-0.3, -0.25) is 4.79 Å². The number of hydrogen-bond acceptors (Lipinski definition) is 6. The van der Waals surface area contributed by atoms with E-state index in [1.54, 1.807) is 6.07 Å². The molecule has 28 heavy (non-hydrogen) atoms. The fourth-order valence-electron chi connectivity index (χ4n) is 2.03. The summed E-state index contributed by atoms with van der Waals surface area (Å²) < 4.78 is 48.3. The second kappa shape index (κ2) is 9.29. The van der Waals surface area contributed by atoms with Crippen LogP contribution in [0.2, 0.25) is 0 Å². The van der Waals surface area contributed by atoms with Crippen LogP contribution < -0.4 is 10.1 Å². The van der Waals surface area contributed by atoms with Crippen molar-refractivity contribution in [3.05, 3.63) is 54.3 Å². The number of anilines is 1. The maximum Gasteiger partial charge on any atom is 0.344 e. The number of ether oxygens (including phenoxy) is 2. The monoisotopic (exact) mass is 410 g/mol. The minimum atomic E-state index is -3.65. The molecule has 0 aliphatic heterocycles. The van der Waals surface area contributed by atoms with Gasteiger partial charge in [0.2, 0.25) is 10.0 Å². The van der Waals surface area contributed by atoms with E-state index >= 15 is 0 Å². The topological polar surface area (TPSA) is 102 Å². The highest BCUT2D eigenvalue weighted by Crippen LogP contribution is 2.18. The predicted molar refractivity (Wildman–Crippen MR) is 98.8 cm³/mol. The number of rotatable bonds is 8. The van der Waals surface area contributed by atoms with Crippen LogP contribution >= 0.6 is 0 Å². The van der Waals surface area contributed by atoms with Gasteiger partial charge in [-0.05, 0) is 30.3 Å². The van der Waals surface area contributed by atoms with E-state index in [1.807, 2.05) is 0 Å². The van der Waals surface area contributed by atoms with Crippen molar-refractivity contribution >= 4 is 27.6 Å². The zero-order valence-electron chi connectivity index (χ0n) is 15.2. The van der Waals surface area contributed by atoms with Crippen molar-refractivity contribution in [2.75, 3.05) is 32.6 Å². The maximum absolute atomic E-state index is 13.4. The molecule has 0 aliphatic rings. The minimum Gasteiger partial charge on any atom is -0.479 e. The average Bonchev–Trinajstić information content (AvgIpc) is 2.66. The number of carbonyl (C=O) groups is 2. The molecule has 1 N–H and O–H groups in total. The Bertz CT molecular complexity index is 962. The van der Waals surface area contributed by atoms with Gasteiger partial charge in [-0.1, -0.05) is 18.2 Å². The molecule has 150 valence electrons. The van der Waals surface area contributed by atoms with Crippen LogP contribution in [0.1, 0.15) is 0 Å². The summed E-state index contributed by atoms with van der Waals surface area (Å²) in [4.78, 5) is 23.5. The number of hydrogen-bond donors (Lipinski definition) is 1. The zero-order valence-corrected chi connectivity index (χ0v) is 16.0. The molecule has 2 aromatic rings. The van der Waals surface area contributed by atoms with Gasteiger partial charge >= 0.3 is 5.97 Å². The molecule has 0 aliphatic carbocycles. The van der Waals surface area contributed by atoms with E-state index in [1.165, 1.54) is 56.6 Å². The van der Waals surface area contributed by atoms with Crippen LogP contribution in [0.15, 0.2) is 53.4 Å². The number of halogens is 1. The first-order valence-electron chi connectivity index (χ1n) is 8.05. The Morgan fingerprint density at radius 1 is 1.07 bits per heavy atom. The van der Waals surface area contributed by atoms with E-state index < -0.39 is 40.9 Å². The molecule has 0 spiro atoms. The van der Waals surface area contributed by atoms with Crippen LogP contribution in [-0.4, -0.2) is 51.9 Å². The lowest BCUT2D eigenvalue weighted by atomic mass is 10.3. The Labute approximate surface area is 161 Å². The smallest absolute Gasteiger partial charge is 0.344 e. The Morgan fingerprint density at radius 3 is 2.46 bits per heavy atom. The third-order valence-electron chi connectivity index (χ3n) is 3.44. The summed E-state index contributed by atoms with van der Waals surface area (Å²) >= 11 is 0. The van der Waals surface area contributed by atoms with Gasteiger partial charge < -0.3 is 14.8 Å². The Morgan fingerprint density at radius 2 is 1.79 bits per heavy atom. The molecule has 2 aromatic carbocycles. The molecular formula is C18H19FN2O6S. The molecular weight excluding hydrogens is 391 g/mol. The Hall–Kier alpha value is -2.98. The summed E-state index contributed by atoms with van der Waals surface area (Å²) in [6.07, 6.45) is 0. The van der Waals surface area contributed by atoms with Crippen LogP contribution in [0, 0.1) is 5.82 Å². The molecule has 8 nitrogen and oxygen atoms in total.